The van der Waals surface area contributed by atoms with Gasteiger partial charge in [-0.05, 0) is 0 Å². The van der Waals surface area contributed by atoms with E-state index in [4.69, 9.17) is 0 Å². The first-order chi connectivity index (χ1) is 3.97. The Bertz CT molecular complexity index is 249. The average Bonchev–Trinajstić information content (AvgIpc) is 2.15. The van der Waals surface area contributed by atoms with Crippen LogP contribution in [-0.2, 0) is 11.4 Å². The number of hydrogen-bond donors (Lipinski definition) is 0. The van der Waals surface area contributed by atoms with E-state index < -0.39 is 0 Å². The van der Waals surface area contributed by atoms with Crippen LogP contribution in [0.15, 0.2) is 8.73 Å². The van der Waals surface area contributed by atoms with Crippen LogP contribution in [0.5, 0.6) is 0 Å². The summed E-state index contributed by atoms with van der Waals surface area (Å²) in [5, 5.41) is 0. The van der Waals surface area contributed by atoms with Crippen molar-refractivity contribution >= 4 is 38.0 Å². The summed E-state index contributed by atoms with van der Waals surface area (Å²) in [6.45, 7) is 0. The molecule has 40 valence electrons. The standard InChI is InChI=1S/C2N4SSe/c3-1-2(4-7-3)6-8-5-1. The second kappa shape index (κ2) is 1.58. The fraction of sp³-hybridized carbons (Fsp3) is 0. The zero-order valence-corrected chi connectivity index (χ0v) is 6.13. The van der Waals surface area contributed by atoms with Gasteiger partial charge in [-0.1, -0.05) is 0 Å². The molecular weight excluding hydrogens is 191 g/mol. The molecule has 0 atom stereocenters. The van der Waals surface area contributed by atoms with Crippen LogP contribution in [0.4, 0.5) is 11.6 Å². The first-order valence-electron chi connectivity index (χ1n) is 1.87. The number of rotatable bonds is 0. The van der Waals surface area contributed by atoms with E-state index in [1.54, 1.807) is 0 Å². The van der Waals surface area contributed by atoms with Crippen molar-refractivity contribution < 1.29 is 0 Å². The molecule has 0 unspecified atom stereocenters. The van der Waals surface area contributed by atoms with Crippen molar-refractivity contribution in [3.05, 3.63) is 0 Å². The summed E-state index contributed by atoms with van der Waals surface area (Å²) in [5.41, 5.74) is 0. The van der Waals surface area contributed by atoms with E-state index in [1.165, 1.54) is 0 Å². The van der Waals surface area contributed by atoms with Crippen LogP contribution < -0.4 is 0 Å². The average molecular weight is 191 g/mol. The molecule has 8 heavy (non-hydrogen) atoms. The Balaban J connectivity index is 2.78. The molecule has 0 radical (unpaired) electrons. The number of aromatic nitrogens is 2. The molecule has 6 heteroatoms. The van der Waals surface area contributed by atoms with Gasteiger partial charge in [-0.15, -0.1) is 0 Å². The van der Waals surface area contributed by atoms with Crippen LogP contribution >= 0.6 is 0 Å². The van der Waals surface area contributed by atoms with E-state index in [0.29, 0.717) is 0 Å². The van der Waals surface area contributed by atoms with Gasteiger partial charge in [0.1, 0.15) is 0 Å². The molecule has 0 fully saturated rings. The molecule has 4 nitrogen and oxygen atoms in total. The first kappa shape index (κ1) is 4.55. The van der Waals surface area contributed by atoms with Gasteiger partial charge in [-0.3, -0.25) is 0 Å². The van der Waals surface area contributed by atoms with E-state index in [1.807, 2.05) is 0 Å². The second-order valence-electron chi connectivity index (χ2n) is 1.18. The summed E-state index contributed by atoms with van der Waals surface area (Å²) < 4.78 is 15.7. The zero-order valence-electron chi connectivity index (χ0n) is 3.61. The van der Waals surface area contributed by atoms with Gasteiger partial charge in [0.15, 0.2) is 0 Å². The normalized spacial score (nSPS) is 13.5. The minimum absolute atomic E-state index is 0.0403. The van der Waals surface area contributed by atoms with Crippen LogP contribution in [-0.4, -0.2) is 22.9 Å². The molecule has 1 aromatic rings. The molecule has 1 aromatic heterocycles. The van der Waals surface area contributed by atoms with Gasteiger partial charge in [0.05, 0.1) is 0 Å². The van der Waals surface area contributed by atoms with Gasteiger partial charge < -0.3 is 0 Å². The third-order valence-corrected chi connectivity index (χ3v) is 2.29. The Morgan fingerprint density at radius 1 is 1.12 bits per heavy atom. The van der Waals surface area contributed by atoms with Crippen LogP contribution in [0.3, 0.4) is 0 Å². The van der Waals surface area contributed by atoms with Gasteiger partial charge in [-0.25, -0.2) is 0 Å². The topological polar surface area (TPSA) is 50.5 Å². The Morgan fingerprint density at radius 2 is 1.75 bits per heavy atom. The van der Waals surface area contributed by atoms with Crippen molar-refractivity contribution in [2.24, 2.45) is 8.73 Å². The van der Waals surface area contributed by atoms with E-state index in [9.17, 15) is 0 Å². The van der Waals surface area contributed by atoms with Gasteiger partial charge in [-0.2, -0.15) is 0 Å². The minimum atomic E-state index is 0.0403. The molecular formula is C2N4SSe. The molecule has 2 rings (SSSR count). The molecule has 2 heterocycles. The Kier molecular flexibility index (Phi) is 0.898. The molecule has 1 aliphatic heterocycles. The fourth-order valence-electron chi connectivity index (χ4n) is 0.392. The van der Waals surface area contributed by atoms with Crippen LogP contribution in [0.25, 0.3) is 0 Å². The van der Waals surface area contributed by atoms with Crippen LogP contribution in [0.2, 0.25) is 0 Å². The maximum absolute atomic E-state index is 3.99. The van der Waals surface area contributed by atoms with Gasteiger partial charge >= 0.3 is 54.6 Å². The number of hydrogen-bond acceptors (Lipinski definition) is 4. The molecule has 0 saturated carbocycles. The summed E-state index contributed by atoms with van der Waals surface area (Å²) in [4.78, 5) is 0. The number of nitrogens with zero attached hydrogens (tertiary/aromatic N) is 4. The summed E-state index contributed by atoms with van der Waals surface area (Å²) in [6, 6.07) is 0. The first-order valence-corrected chi connectivity index (χ1v) is 4.14. The molecule has 0 aromatic carbocycles. The quantitative estimate of drug-likeness (QED) is 0.561. The molecule has 0 bridgehead atoms. The van der Waals surface area contributed by atoms with E-state index >= 15 is 0 Å². The SMILES string of the molecule is N1=S=Nc2n[se]nc21. The van der Waals surface area contributed by atoms with Crippen molar-refractivity contribution in [2.75, 3.05) is 0 Å². The van der Waals surface area contributed by atoms with E-state index in [2.05, 4.69) is 16.7 Å². The Labute approximate surface area is 55.1 Å². The molecule has 0 amide bonds. The Hall–Kier alpha value is -0.321. The van der Waals surface area contributed by atoms with Gasteiger partial charge in [0.2, 0.25) is 0 Å². The molecule has 0 N–H and O–H groups in total. The summed E-state index contributed by atoms with van der Waals surface area (Å²) in [6.07, 6.45) is 0. The predicted octanol–water partition coefficient (Wildman–Crippen LogP) is 0.260. The van der Waals surface area contributed by atoms with Crippen molar-refractivity contribution in [2.45, 2.75) is 0 Å². The molecule has 0 saturated heterocycles. The van der Waals surface area contributed by atoms with Crippen molar-refractivity contribution in [1.82, 2.24) is 7.96 Å². The van der Waals surface area contributed by atoms with E-state index in [-0.39, 0.29) is 15.0 Å². The fourth-order valence-corrected chi connectivity index (χ4v) is 1.99. The predicted molar refractivity (Wildman–Crippen MR) is 30.5 cm³/mol. The Morgan fingerprint density at radius 3 is 2.38 bits per heavy atom. The second-order valence-corrected chi connectivity index (χ2v) is 2.81. The molecule has 1 aliphatic rings. The maximum atomic E-state index is 3.99. The summed E-state index contributed by atoms with van der Waals surface area (Å²) in [5.74, 6) is 1.46. The zero-order chi connectivity index (χ0) is 5.40. The molecule has 0 aliphatic carbocycles. The third kappa shape index (κ3) is 0.506. The number of fused-ring (bicyclic) bond motifs is 1. The molecule has 0 spiro atoms. The van der Waals surface area contributed by atoms with Crippen molar-refractivity contribution in [3.63, 3.8) is 0 Å². The summed E-state index contributed by atoms with van der Waals surface area (Å²) >= 11 is 1.20. The van der Waals surface area contributed by atoms with Crippen molar-refractivity contribution in [1.29, 1.82) is 0 Å². The van der Waals surface area contributed by atoms with Crippen LogP contribution in [0.1, 0.15) is 0 Å². The van der Waals surface area contributed by atoms with Crippen molar-refractivity contribution in [3.8, 4) is 0 Å². The summed E-state index contributed by atoms with van der Waals surface area (Å²) in [7, 11) is 0. The van der Waals surface area contributed by atoms with E-state index in [0.717, 1.165) is 23.0 Å². The van der Waals surface area contributed by atoms with Gasteiger partial charge in [0.25, 0.3) is 0 Å². The monoisotopic (exact) mass is 192 g/mol. The third-order valence-electron chi connectivity index (χ3n) is 0.709. The van der Waals surface area contributed by atoms with Crippen LogP contribution in [0, 0.1) is 0 Å². The van der Waals surface area contributed by atoms with Gasteiger partial charge in [0, 0.05) is 0 Å².